The quantitative estimate of drug-likeness (QED) is 0.803. The highest BCUT2D eigenvalue weighted by Gasteiger charge is 2.09. The Balaban J connectivity index is 2.07. The van der Waals surface area contributed by atoms with E-state index in [1.54, 1.807) is 23.5 Å². The molecule has 0 saturated carbocycles. The van der Waals surface area contributed by atoms with Crippen LogP contribution in [-0.2, 0) is 0 Å². The molecule has 80 valence electrons. The fourth-order valence-corrected chi connectivity index (χ4v) is 3.95. The zero-order valence-electron chi connectivity index (χ0n) is 7.83. The normalized spacial score (nSPS) is 10.8. The first-order valence-electron chi connectivity index (χ1n) is 3.75. The molecule has 9 heteroatoms. The van der Waals surface area contributed by atoms with Gasteiger partial charge in [0.05, 0.1) is 0 Å². The summed E-state index contributed by atoms with van der Waals surface area (Å²) in [5.74, 6) is 0. The lowest BCUT2D eigenvalue weighted by Crippen LogP contribution is -1.75. The van der Waals surface area contributed by atoms with Crippen molar-refractivity contribution < 1.29 is 0 Å². The van der Waals surface area contributed by atoms with Crippen molar-refractivity contribution >= 4 is 58.4 Å². The van der Waals surface area contributed by atoms with Crippen LogP contribution in [0.4, 0.5) is 0 Å². The molecule has 4 nitrogen and oxygen atoms in total. The predicted octanol–water partition coefficient (Wildman–Crippen LogP) is 2.98. The molecule has 0 aliphatic rings. The number of hydrogen-bond acceptors (Lipinski definition) is 9. The van der Waals surface area contributed by atoms with Gasteiger partial charge in [0.1, 0.15) is 0 Å². The molecular weight excluding hydrogens is 288 g/mol. The Morgan fingerprint density at radius 3 is 2.13 bits per heavy atom. The molecule has 0 atom stereocenters. The van der Waals surface area contributed by atoms with Gasteiger partial charge in [0.25, 0.3) is 0 Å². The summed E-state index contributed by atoms with van der Waals surface area (Å²) in [5.41, 5.74) is 0. The zero-order chi connectivity index (χ0) is 10.7. The van der Waals surface area contributed by atoms with Gasteiger partial charge in [-0.05, 0) is 47.3 Å². The second-order valence-electron chi connectivity index (χ2n) is 2.20. The largest absolute Gasteiger partial charge is 0.208 e. The fourth-order valence-electron chi connectivity index (χ4n) is 0.721. The maximum Gasteiger partial charge on any atom is 0.208 e. The van der Waals surface area contributed by atoms with E-state index in [1.807, 2.05) is 12.5 Å². The Morgan fingerprint density at radius 2 is 1.53 bits per heavy atom. The molecule has 0 N–H and O–H groups in total. The smallest absolute Gasteiger partial charge is 0.202 e. The second kappa shape index (κ2) is 5.48. The molecule has 0 aliphatic carbocycles. The Kier molecular flexibility index (Phi) is 4.26. The molecule has 0 radical (unpaired) electrons. The molecule has 0 unspecified atom stereocenters. The van der Waals surface area contributed by atoms with Crippen molar-refractivity contribution in [1.82, 2.24) is 18.7 Å². The summed E-state index contributed by atoms with van der Waals surface area (Å²) in [6.07, 6.45) is 3.95. The summed E-state index contributed by atoms with van der Waals surface area (Å²) < 4.78 is 10.3. The van der Waals surface area contributed by atoms with Gasteiger partial charge in [-0.15, -0.1) is 0 Å². The summed E-state index contributed by atoms with van der Waals surface area (Å²) >= 11 is 7.41. The molecular formula is C6H6N4S5. The standard InChI is InChI=1S/C6H6N4S5/c1-11-3-7-6(15-9-3)13-4-8-5(12-2)14-10-4/h1-2H3. The molecule has 0 spiro atoms. The van der Waals surface area contributed by atoms with Crippen LogP contribution < -0.4 is 0 Å². The predicted molar refractivity (Wildman–Crippen MR) is 67.5 cm³/mol. The first-order chi connectivity index (χ1) is 7.31. The van der Waals surface area contributed by atoms with Gasteiger partial charge in [0.15, 0.2) is 8.68 Å². The lowest BCUT2D eigenvalue weighted by molar-refractivity contribution is 0.996. The van der Waals surface area contributed by atoms with Crippen molar-refractivity contribution in [2.24, 2.45) is 0 Å². The average molecular weight is 294 g/mol. The number of thioether (sulfide) groups is 2. The molecule has 0 bridgehead atoms. The minimum Gasteiger partial charge on any atom is -0.202 e. The summed E-state index contributed by atoms with van der Waals surface area (Å²) in [6, 6.07) is 0. The van der Waals surface area contributed by atoms with E-state index in [9.17, 15) is 0 Å². The van der Waals surface area contributed by atoms with Gasteiger partial charge in [0.2, 0.25) is 10.3 Å². The third-order valence-corrected chi connectivity index (χ3v) is 5.38. The monoisotopic (exact) mass is 294 g/mol. The summed E-state index contributed by atoms with van der Waals surface area (Å²) in [6.45, 7) is 0. The summed E-state index contributed by atoms with van der Waals surface area (Å²) in [5, 5.41) is 1.57. The van der Waals surface area contributed by atoms with Gasteiger partial charge in [-0.3, -0.25) is 0 Å². The Hall–Kier alpha value is 0.170. The van der Waals surface area contributed by atoms with E-state index in [0.29, 0.717) is 0 Å². The maximum atomic E-state index is 4.32. The lowest BCUT2D eigenvalue weighted by Gasteiger charge is -1.86. The third kappa shape index (κ3) is 3.06. The molecule has 0 aliphatic heterocycles. The number of nitrogens with zero attached hydrogens (tertiary/aromatic N) is 4. The van der Waals surface area contributed by atoms with E-state index >= 15 is 0 Å². The van der Waals surface area contributed by atoms with E-state index in [1.165, 1.54) is 34.8 Å². The molecule has 2 rings (SSSR count). The van der Waals surface area contributed by atoms with Crippen LogP contribution in [-0.4, -0.2) is 31.2 Å². The summed E-state index contributed by atoms with van der Waals surface area (Å²) in [7, 11) is 0. The molecule has 2 aromatic rings. The SMILES string of the molecule is CSc1nsc(Sc2nsc(SC)n2)n1. The molecule has 0 fully saturated rings. The van der Waals surface area contributed by atoms with Gasteiger partial charge >= 0.3 is 0 Å². The topological polar surface area (TPSA) is 51.6 Å². The van der Waals surface area contributed by atoms with Crippen LogP contribution in [0.1, 0.15) is 0 Å². The molecule has 15 heavy (non-hydrogen) atoms. The highest BCUT2D eigenvalue weighted by Crippen LogP contribution is 2.30. The minimum atomic E-state index is 0.758. The van der Waals surface area contributed by atoms with E-state index in [4.69, 9.17) is 0 Å². The van der Waals surface area contributed by atoms with E-state index in [-0.39, 0.29) is 0 Å². The first kappa shape index (κ1) is 11.6. The number of aromatic nitrogens is 4. The van der Waals surface area contributed by atoms with Gasteiger partial charge in [-0.2, -0.15) is 8.75 Å². The van der Waals surface area contributed by atoms with Crippen LogP contribution in [0.25, 0.3) is 0 Å². The molecule has 2 aromatic heterocycles. The highest BCUT2D eigenvalue weighted by molar-refractivity contribution is 8.01. The second-order valence-corrected chi connectivity index (χ2v) is 6.74. The molecule has 2 heterocycles. The highest BCUT2D eigenvalue weighted by atomic mass is 32.2. The van der Waals surface area contributed by atoms with Gasteiger partial charge in [-0.25, -0.2) is 9.97 Å². The minimum absolute atomic E-state index is 0.758. The Morgan fingerprint density at radius 1 is 0.867 bits per heavy atom. The van der Waals surface area contributed by atoms with Crippen molar-refractivity contribution in [2.45, 2.75) is 19.0 Å². The van der Waals surface area contributed by atoms with Crippen LogP contribution in [0.5, 0.6) is 0 Å². The fraction of sp³-hybridized carbons (Fsp3) is 0.333. The van der Waals surface area contributed by atoms with E-state index in [0.717, 1.165) is 19.0 Å². The van der Waals surface area contributed by atoms with Crippen LogP contribution >= 0.6 is 58.4 Å². The molecule has 0 amide bonds. The van der Waals surface area contributed by atoms with Crippen molar-refractivity contribution in [3.63, 3.8) is 0 Å². The number of rotatable bonds is 4. The maximum absolute atomic E-state index is 4.32. The van der Waals surface area contributed by atoms with Crippen molar-refractivity contribution in [3.05, 3.63) is 0 Å². The summed E-state index contributed by atoms with van der Waals surface area (Å²) in [4.78, 5) is 8.63. The van der Waals surface area contributed by atoms with E-state index < -0.39 is 0 Å². The first-order valence-corrected chi connectivity index (χ1v) is 8.56. The zero-order valence-corrected chi connectivity index (χ0v) is 11.9. The lowest BCUT2D eigenvalue weighted by atomic mass is 11.3. The van der Waals surface area contributed by atoms with E-state index in [2.05, 4.69) is 18.7 Å². The van der Waals surface area contributed by atoms with Crippen LogP contribution in [0.3, 0.4) is 0 Å². The van der Waals surface area contributed by atoms with Crippen molar-refractivity contribution in [1.29, 1.82) is 0 Å². The van der Waals surface area contributed by atoms with Crippen molar-refractivity contribution in [2.75, 3.05) is 12.5 Å². The van der Waals surface area contributed by atoms with Crippen LogP contribution in [0, 0.1) is 0 Å². The van der Waals surface area contributed by atoms with Gasteiger partial charge in [-0.1, -0.05) is 23.5 Å². The van der Waals surface area contributed by atoms with Gasteiger partial charge in [0, 0.05) is 0 Å². The van der Waals surface area contributed by atoms with Gasteiger partial charge < -0.3 is 0 Å². The molecule has 0 saturated heterocycles. The van der Waals surface area contributed by atoms with Crippen LogP contribution in [0.2, 0.25) is 0 Å². The van der Waals surface area contributed by atoms with Crippen LogP contribution in [0.15, 0.2) is 19.0 Å². The Labute approximate surface area is 108 Å². The third-order valence-electron chi connectivity index (χ3n) is 1.31. The number of hydrogen-bond donors (Lipinski definition) is 0. The Bertz CT molecular complexity index is 398. The van der Waals surface area contributed by atoms with Crippen molar-refractivity contribution in [3.8, 4) is 0 Å². The average Bonchev–Trinajstić information content (AvgIpc) is 2.87. The molecule has 0 aromatic carbocycles.